The first-order valence-electron chi connectivity index (χ1n) is 7.89. The minimum Gasteiger partial charge on any atom is -0.265 e. The van der Waals surface area contributed by atoms with Crippen LogP contribution in [-0.2, 0) is 29.3 Å². The molecule has 0 amide bonds. The van der Waals surface area contributed by atoms with E-state index in [4.69, 9.17) is 0 Å². The number of hydrogen-bond donors (Lipinski definition) is 0. The highest BCUT2D eigenvalue weighted by Gasteiger charge is 2.32. The van der Waals surface area contributed by atoms with Crippen molar-refractivity contribution in [3.63, 3.8) is 0 Å². The fourth-order valence-electron chi connectivity index (χ4n) is 3.54. The van der Waals surface area contributed by atoms with E-state index in [1.165, 1.54) is 22.0 Å². The standard InChI is InChI=1S/C17H16N2O4S/c20-19(21)15-6-4-13-8-9-18(17(13)11-15)24(22,23)16-7-5-12-2-1-3-14(12)10-16/h4-7,10-11H,1-3,8-9H2. The Balaban J connectivity index is 1.77. The zero-order valence-electron chi connectivity index (χ0n) is 12.9. The van der Waals surface area contributed by atoms with Crippen molar-refractivity contribution in [2.75, 3.05) is 10.8 Å². The molecule has 2 aromatic rings. The zero-order valence-corrected chi connectivity index (χ0v) is 13.8. The van der Waals surface area contributed by atoms with Gasteiger partial charge >= 0.3 is 0 Å². The summed E-state index contributed by atoms with van der Waals surface area (Å²) in [7, 11) is -3.71. The molecule has 1 heterocycles. The van der Waals surface area contributed by atoms with Crippen LogP contribution in [0.2, 0.25) is 0 Å². The Morgan fingerprint density at radius 3 is 2.50 bits per heavy atom. The molecular formula is C17H16N2O4S. The normalized spacial score (nSPS) is 16.1. The van der Waals surface area contributed by atoms with Gasteiger partial charge in [-0.25, -0.2) is 8.42 Å². The third-order valence-corrected chi connectivity index (χ3v) is 6.60. The molecule has 0 atom stereocenters. The summed E-state index contributed by atoms with van der Waals surface area (Å²) in [5.74, 6) is 0. The van der Waals surface area contributed by atoms with Gasteiger partial charge in [0.05, 0.1) is 15.5 Å². The van der Waals surface area contributed by atoms with E-state index in [-0.39, 0.29) is 10.6 Å². The van der Waals surface area contributed by atoms with E-state index in [1.807, 2.05) is 6.07 Å². The molecule has 0 bridgehead atoms. The predicted octanol–water partition coefficient (Wildman–Crippen LogP) is 2.83. The second-order valence-corrected chi connectivity index (χ2v) is 8.04. The molecule has 0 unspecified atom stereocenters. The quantitative estimate of drug-likeness (QED) is 0.633. The molecule has 124 valence electrons. The molecule has 6 nitrogen and oxygen atoms in total. The van der Waals surface area contributed by atoms with E-state index in [0.29, 0.717) is 18.7 Å². The highest BCUT2D eigenvalue weighted by atomic mass is 32.2. The number of sulfonamides is 1. The predicted molar refractivity (Wildman–Crippen MR) is 89.8 cm³/mol. The van der Waals surface area contributed by atoms with Gasteiger partial charge < -0.3 is 0 Å². The molecule has 0 N–H and O–H groups in total. The lowest BCUT2D eigenvalue weighted by Crippen LogP contribution is -2.29. The maximum atomic E-state index is 13.0. The number of hydrogen-bond acceptors (Lipinski definition) is 4. The Labute approximate surface area is 139 Å². The first-order chi connectivity index (χ1) is 11.5. The van der Waals surface area contributed by atoms with E-state index in [0.717, 1.165) is 30.4 Å². The Bertz CT molecular complexity index is 953. The second kappa shape index (κ2) is 5.31. The lowest BCUT2D eigenvalue weighted by atomic mass is 10.1. The number of non-ortho nitro benzene ring substituents is 1. The summed E-state index contributed by atoms with van der Waals surface area (Å²) in [5, 5.41) is 11.0. The smallest absolute Gasteiger partial charge is 0.265 e. The first-order valence-corrected chi connectivity index (χ1v) is 9.33. The topological polar surface area (TPSA) is 80.5 Å². The molecule has 1 aliphatic carbocycles. The maximum Gasteiger partial charge on any atom is 0.271 e. The van der Waals surface area contributed by atoms with Gasteiger partial charge in [0.15, 0.2) is 0 Å². The van der Waals surface area contributed by atoms with E-state index < -0.39 is 14.9 Å². The molecule has 0 radical (unpaired) electrons. The molecule has 7 heteroatoms. The molecule has 0 saturated heterocycles. The number of benzene rings is 2. The summed E-state index contributed by atoms with van der Waals surface area (Å²) in [6.45, 7) is 0.315. The molecule has 1 aliphatic heterocycles. The highest BCUT2D eigenvalue weighted by molar-refractivity contribution is 7.92. The van der Waals surface area contributed by atoms with Crippen LogP contribution in [0, 0.1) is 10.1 Å². The van der Waals surface area contributed by atoms with Gasteiger partial charge in [-0.15, -0.1) is 0 Å². The van der Waals surface area contributed by atoms with Crippen LogP contribution in [0.3, 0.4) is 0 Å². The van der Waals surface area contributed by atoms with Crippen molar-refractivity contribution in [3.05, 3.63) is 63.2 Å². The molecule has 0 fully saturated rings. The monoisotopic (exact) mass is 344 g/mol. The van der Waals surface area contributed by atoms with E-state index >= 15 is 0 Å². The third kappa shape index (κ3) is 2.27. The number of rotatable bonds is 3. The average molecular weight is 344 g/mol. The van der Waals surface area contributed by atoms with Crippen molar-refractivity contribution in [2.45, 2.75) is 30.6 Å². The van der Waals surface area contributed by atoms with Crippen LogP contribution in [0.4, 0.5) is 11.4 Å². The summed E-state index contributed by atoms with van der Waals surface area (Å²) in [4.78, 5) is 10.8. The third-order valence-electron chi connectivity index (χ3n) is 4.79. The molecule has 0 aromatic heterocycles. The number of aryl methyl sites for hydroxylation is 2. The maximum absolute atomic E-state index is 13.0. The summed E-state index contributed by atoms with van der Waals surface area (Å²) in [5.41, 5.74) is 3.46. The van der Waals surface area contributed by atoms with Crippen molar-refractivity contribution >= 4 is 21.4 Å². The molecule has 2 aromatic carbocycles. The van der Waals surface area contributed by atoms with Crippen LogP contribution < -0.4 is 4.31 Å². The van der Waals surface area contributed by atoms with Crippen molar-refractivity contribution in [3.8, 4) is 0 Å². The van der Waals surface area contributed by atoms with Gasteiger partial charge in [-0.1, -0.05) is 12.1 Å². The lowest BCUT2D eigenvalue weighted by Gasteiger charge is -2.20. The summed E-state index contributed by atoms with van der Waals surface area (Å²) in [6.07, 6.45) is 3.52. The molecule has 24 heavy (non-hydrogen) atoms. The van der Waals surface area contributed by atoms with E-state index in [1.54, 1.807) is 18.2 Å². The number of fused-ring (bicyclic) bond motifs is 2. The van der Waals surface area contributed by atoms with Gasteiger partial charge in [0.2, 0.25) is 0 Å². The lowest BCUT2D eigenvalue weighted by molar-refractivity contribution is -0.384. The Kier molecular flexibility index (Phi) is 3.35. The van der Waals surface area contributed by atoms with Gasteiger partial charge in [0.25, 0.3) is 15.7 Å². The Morgan fingerprint density at radius 1 is 0.958 bits per heavy atom. The minimum atomic E-state index is -3.71. The SMILES string of the molecule is O=[N+]([O-])c1ccc2c(c1)N(S(=O)(=O)c1ccc3c(c1)CCC3)CC2. The summed E-state index contributed by atoms with van der Waals surface area (Å²) < 4.78 is 27.4. The van der Waals surface area contributed by atoms with Crippen molar-refractivity contribution in [1.82, 2.24) is 0 Å². The summed E-state index contributed by atoms with van der Waals surface area (Å²) >= 11 is 0. The first kappa shape index (κ1) is 15.1. The fourth-order valence-corrected chi connectivity index (χ4v) is 5.08. The number of nitrogens with zero attached hydrogens (tertiary/aromatic N) is 2. The Hall–Kier alpha value is -2.41. The second-order valence-electron chi connectivity index (χ2n) is 6.18. The van der Waals surface area contributed by atoms with Crippen LogP contribution in [0.5, 0.6) is 0 Å². The van der Waals surface area contributed by atoms with Crippen LogP contribution in [0.1, 0.15) is 23.1 Å². The number of nitro groups is 1. The van der Waals surface area contributed by atoms with Crippen LogP contribution in [0.25, 0.3) is 0 Å². The van der Waals surface area contributed by atoms with Gasteiger partial charge in [-0.05, 0) is 54.5 Å². The zero-order chi connectivity index (χ0) is 16.9. The van der Waals surface area contributed by atoms with Crippen molar-refractivity contribution in [1.29, 1.82) is 0 Å². The van der Waals surface area contributed by atoms with Gasteiger partial charge in [-0.2, -0.15) is 0 Å². The van der Waals surface area contributed by atoms with E-state index in [9.17, 15) is 18.5 Å². The fraction of sp³-hybridized carbons (Fsp3) is 0.294. The van der Waals surface area contributed by atoms with Crippen LogP contribution >= 0.6 is 0 Å². The van der Waals surface area contributed by atoms with Crippen molar-refractivity contribution < 1.29 is 13.3 Å². The van der Waals surface area contributed by atoms with Gasteiger partial charge in [-0.3, -0.25) is 14.4 Å². The number of nitro benzene ring substituents is 1. The minimum absolute atomic E-state index is 0.0928. The van der Waals surface area contributed by atoms with Crippen molar-refractivity contribution in [2.24, 2.45) is 0 Å². The molecule has 0 spiro atoms. The van der Waals surface area contributed by atoms with E-state index in [2.05, 4.69) is 0 Å². The van der Waals surface area contributed by atoms with Gasteiger partial charge in [0, 0.05) is 18.7 Å². The summed E-state index contributed by atoms with van der Waals surface area (Å²) in [6, 6.07) is 9.71. The largest absolute Gasteiger partial charge is 0.271 e. The highest BCUT2D eigenvalue weighted by Crippen LogP contribution is 2.36. The molecule has 2 aliphatic rings. The molecule has 4 rings (SSSR count). The average Bonchev–Trinajstić information content (AvgIpc) is 3.20. The number of anilines is 1. The molecule has 0 saturated carbocycles. The van der Waals surface area contributed by atoms with Gasteiger partial charge in [0.1, 0.15) is 0 Å². The molecular weight excluding hydrogens is 328 g/mol. The van der Waals surface area contributed by atoms with Crippen LogP contribution in [0.15, 0.2) is 41.3 Å². The van der Waals surface area contributed by atoms with Crippen LogP contribution in [-0.4, -0.2) is 19.9 Å². The Morgan fingerprint density at radius 2 is 1.71 bits per heavy atom.